The molecule has 0 aromatic heterocycles. The zero-order valence-corrected chi connectivity index (χ0v) is 24.8. The van der Waals surface area contributed by atoms with Crippen molar-refractivity contribution in [2.24, 2.45) is 0 Å². The Morgan fingerprint density at radius 3 is 2.07 bits per heavy atom. The maximum absolute atomic E-state index is 13.0. The number of ether oxygens (including phenoxy) is 3. The minimum absolute atomic E-state index is 0.0376. The van der Waals surface area contributed by atoms with Gasteiger partial charge >= 0.3 is 6.09 Å². The van der Waals surface area contributed by atoms with Gasteiger partial charge in [0.1, 0.15) is 17.4 Å². The molecule has 5 rings (SSSR count). The quantitative estimate of drug-likeness (QED) is 0.484. The van der Waals surface area contributed by atoms with E-state index in [9.17, 15) is 28.8 Å². The first-order valence-corrected chi connectivity index (χ1v) is 14.8. The van der Waals surface area contributed by atoms with E-state index >= 15 is 0 Å². The Kier molecular flexibility index (Phi) is 8.72. The van der Waals surface area contributed by atoms with Crippen molar-refractivity contribution in [1.82, 2.24) is 20.0 Å². The zero-order chi connectivity index (χ0) is 30.9. The summed E-state index contributed by atoms with van der Waals surface area (Å²) in [5.74, 6) is -2.29. The Labute approximate surface area is 249 Å². The van der Waals surface area contributed by atoms with Crippen LogP contribution in [-0.2, 0) is 23.9 Å². The predicted molar refractivity (Wildman–Crippen MR) is 150 cm³/mol. The summed E-state index contributed by atoms with van der Waals surface area (Å²) in [6.07, 6.45) is 2.80. The van der Waals surface area contributed by atoms with Gasteiger partial charge in [-0.05, 0) is 71.1 Å². The molecule has 1 unspecified atom stereocenters. The molecule has 232 valence electrons. The number of likely N-dealkylation sites (tertiary alicyclic amines) is 2. The summed E-state index contributed by atoms with van der Waals surface area (Å²) < 4.78 is 17.4. The molecule has 1 atom stereocenters. The molecule has 3 saturated heterocycles. The van der Waals surface area contributed by atoms with Gasteiger partial charge in [0.25, 0.3) is 17.7 Å². The Bertz CT molecular complexity index is 1310. The molecule has 3 fully saturated rings. The van der Waals surface area contributed by atoms with E-state index in [4.69, 9.17) is 14.2 Å². The third-order valence-electron chi connectivity index (χ3n) is 8.05. The number of amides is 6. The minimum atomic E-state index is -1.05. The second kappa shape index (κ2) is 12.3. The standard InChI is InChI=1S/C30H38N4O9/c1-30(2,3)43-29(40)33-14-10-19(11-15-33)42-18-8-12-32(13-9-18)25(36)17-41-20-4-5-21-22(16-20)28(39)34(27(21)38)23-6-7-24(35)31-26(23)37/h4-5,16,18-19,23H,6-15,17H2,1-3H3,(H,31,35,37). The fourth-order valence-electron chi connectivity index (χ4n) is 5.79. The molecule has 6 amide bonds. The van der Waals surface area contributed by atoms with Crippen LogP contribution in [0.1, 0.15) is 80.0 Å². The molecule has 0 bridgehead atoms. The first-order valence-electron chi connectivity index (χ1n) is 14.8. The van der Waals surface area contributed by atoms with E-state index in [1.807, 2.05) is 20.8 Å². The summed E-state index contributed by atoms with van der Waals surface area (Å²) in [6.45, 7) is 7.56. The number of nitrogens with zero attached hydrogens (tertiary/aromatic N) is 3. The molecule has 0 radical (unpaired) electrons. The van der Waals surface area contributed by atoms with Gasteiger partial charge in [-0.1, -0.05) is 0 Å². The molecule has 1 aromatic carbocycles. The average Bonchev–Trinajstić information content (AvgIpc) is 3.20. The monoisotopic (exact) mass is 598 g/mol. The predicted octanol–water partition coefficient (Wildman–Crippen LogP) is 1.87. The van der Waals surface area contributed by atoms with Crippen molar-refractivity contribution >= 4 is 35.6 Å². The second-order valence-corrected chi connectivity index (χ2v) is 12.3. The highest BCUT2D eigenvalue weighted by Crippen LogP contribution is 2.30. The largest absolute Gasteiger partial charge is 0.484 e. The topological polar surface area (TPSA) is 152 Å². The van der Waals surface area contributed by atoms with E-state index in [-0.39, 0.29) is 60.5 Å². The van der Waals surface area contributed by atoms with Gasteiger partial charge in [-0.3, -0.25) is 34.2 Å². The van der Waals surface area contributed by atoms with E-state index in [0.29, 0.717) is 39.0 Å². The third kappa shape index (κ3) is 6.98. The van der Waals surface area contributed by atoms with Crippen LogP contribution in [0.2, 0.25) is 0 Å². The van der Waals surface area contributed by atoms with Crippen molar-refractivity contribution in [3.63, 3.8) is 0 Å². The van der Waals surface area contributed by atoms with E-state index in [2.05, 4.69) is 5.32 Å². The summed E-state index contributed by atoms with van der Waals surface area (Å²) in [4.78, 5) is 79.1. The maximum Gasteiger partial charge on any atom is 0.410 e. The van der Waals surface area contributed by atoms with Crippen molar-refractivity contribution in [3.05, 3.63) is 29.3 Å². The van der Waals surface area contributed by atoms with E-state index in [0.717, 1.165) is 17.7 Å². The normalized spacial score (nSPS) is 22.0. The Hall–Kier alpha value is -4.00. The van der Waals surface area contributed by atoms with Crippen molar-refractivity contribution in [2.75, 3.05) is 32.8 Å². The van der Waals surface area contributed by atoms with Crippen LogP contribution in [-0.4, -0.2) is 107 Å². The molecule has 1 aromatic rings. The van der Waals surface area contributed by atoms with Gasteiger partial charge in [-0.15, -0.1) is 0 Å². The summed E-state index contributed by atoms with van der Waals surface area (Å²) in [7, 11) is 0. The fourth-order valence-corrected chi connectivity index (χ4v) is 5.79. The van der Waals surface area contributed by atoms with Crippen LogP contribution in [0.15, 0.2) is 18.2 Å². The van der Waals surface area contributed by atoms with Gasteiger partial charge in [-0.25, -0.2) is 4.79 Å². The molecule has 0 saturated carbocycles. The molecular weight excluding hydrogens is 560 g/mol. The molecule has 1 N–H and O–H groups in total. The smallest absolute Gasteiger partial charge is 0.410 e. The van der Waals surface area contributed by atoms with Crippen LogP contribution in [0, 0.1) is 0 Å². The lowest BCUT2D eigenvalue weighted by molar-refractivity contribution is -0.138. The SMILES string of the molecule is CC(C)(C)OC(=O)N1CCC(OC2CCN(C(=O)COc3ccc4c(c3)C(=O)N(C3CCC(=O)NC3=O)C4=O)CC2)CC1. The van der Waals surface area contributed by atoms with Crippen molar-refractivity contribution in [1.29, 1.82) is 0 Å². The highest BCUT2D eigenvalue weighted by atomic mass is 16.6. The summed E-state index contributed by atoms with van der Waals surface area (Å²) in [5.41, 5.74) is -0.288. The highest BCUT2D eigenvalue weighted by Gasteiger charge is 2.44. The highest BCUT2D eigenvalue weighted by molar-refractivity contribution is 6.23. The van der Waals surface area contributed by atoms with Crippen LogP contribution in [0.5, 0.6) is 5.75 Å². The number of rotatable bonds is 6. The number of hydrogen-bond donors (Lipinski definition) is 1. The molecule has 0 aliphatic carbocycles. The van der Waals surface area contributed by atoms with Crippen LogP contribution in [0.3, 0.4) is 0 Å². The number of hydrogen-bond acceptors (Lipinski definition) is 9. The number of nitrogens with one attached hydrogen (secondary N) is 1. The van der Waals surface area contributed by atoms with Crippen LogP contribution >= 0.6 is 0 Å². The Morgan fingerprint density at radius 2 is 1.47 bits per heavy atom. The molecule has 4 aliphatic heterocycles. The number of carbonyl (C=O) groups is 6. The Balaban J connectivity index is 1.06. The van der Waals surface area contributed by atoms with Gasteiger partial charge in [0.2, 0.25) is 11.8 Å². The first-order chi connectivity index (χ1) is 20.4. The van der Waals surface area contributed by atoms with Crippen molar-refractivity contribution in [2.45, 2.75) is 83.1 Å². The first kappa shape index (κ1) is 30.5. The molecule has 0 spiro atoms. The van der Waals surface area contributed by atoms with Gasteiger partial charge in [-0.2, -0.15) is 0 Å². The second-order valence-electron chi connectivity index (χ2n) is 12.3. The van der Waals surface area contributed by atoms with E-state index in [1.165, 1.54) is 18.2 Å². The number of piperidine rings is 3. The molecule has 4 heterocycles. The minimum Gasteiger partial charge on any atom is -0.484 e. The van der Waals surface area contributed by atoms with Gasteiger partial charge in [0.05, 0.1) is 23.3 Å². The zero-order valence-electron chi connectivity index (χ0n) is 24.8. The lowest BCUT2D eigenvalue weighted by Crippen LogP contribution is -2.54. The van der Waals surface area contributed by atoms with Gasteiger partial charge in [0.15, 0.2) is 6.61 Å². The van der Waals surface area contributed by atoms with Crippen LogP contribution in [0.25, 0.3) is 0 Å². The van der Waals surface area contributed by atoms with Crippen molar-refractivity contribution in [3.8, 4) is 5.75 Å². The van der Waals surface area contributed by atoms with Gasteiger partial charge < -0.3 is 24.0 Å². The summed E-state index contributed by atoms with van der Waals surface area (Å²) in [6, 6.07) is 3.32. The number of imide groups is 2. The van der Waals surface area contributed by atoms with Crippen LogP contribution < -0.4 is 10.1 Å². The Morgan fingerprint density at radius 1 is 0.860 bits per heavy atom. The number of benzene rings is 1. The average molecular weight is 599 g/mol. The lowest BCUT2D eigenvalue weighted by Gasteiger charge is -2.37. The molecule has 4 aliphatic rings. The molecule has 13 heteroatoms. The van der Waals surface area contributed by atoms with Crippen LogP contribution in [0.4, 0.5) is 4.79 Å². The fraction of sp³-hybridized carbons (Fsp3) is 0.600. The number of carbonyl (C=O) groups excluding carboxylic acids is 6. The van der Waals surface area contributed by atoms with Crippen molar-refractivity contribution < 1.29 is 43.0 Å². The van der Waals surface area contributed by atoms with E-state index in [1.54, 1.807) is 9.80 Å². The lowest BCUT2D eigenvalue weighted by atomic mass is 10.0. The third-order valence-corrected chi connectivity index (χ3v) is 8.05. The number of fused-ring (bicyclic) bond motifs is 1. The molecular formula is C30H38N4O9. The molecule has 13 nitrogen and oxygen atoms in total. The van der Waals surface area contributed by atoms with E-state index < -0.39 is 35.3 Å². The maximum atomic E-state index is 13.0. The summed E-state index contributed by atoms with van der Waals surface area (Å²) in [5, 5.41) is 2.17. The van der Waals surface area contributed by atoms with Gasteiger partial charge in [0, 0.05) is 32.6 Å². The summed E-state index contributed by atoms with van der Waals surface area (Å²) >= 11 is 0. The molecule has 43 heavy (non-hydrogen) atoms.